The number of ether oxygens (including phenoxy) is 1. The van der Waals surface area contributed by atoms with Crippen molar-refractivity contribution in [1.29, 1.82) is 0 Å². The second-order valence-corrected chi connectivity index (χ2v) is 1.66. The fourth-order valence-corrected chi connectivity index (χ4v) is 0.456. The fourth-order valence-electron chi connectivity index (χ4n) is 0.456. The third-order valence-corrected chi connectivity index (χ3v) is 0.865. The normalized spacial score (nSPS) is 9.70. The predicted octanol–water partition coefficient (Wildman–Crippen LogP) is -1.73. The molecule has 0 radical (unpaired) electrons. The van der Waals surface area contributed by atoms with E-state index in [9.17, 15) is 0 Å². The van der Waals surface area contributed by atoms with E-state index in [0.29, 0.717) is 13.2 Å². The highest BCUT2D eigenvalue weighted by atomic mass is 16.6. The van der Waals surface area contributed by atoms with E-state index in [1.54, 1.807) is 0 Å². The first-order valence-electron chi connectivity index (χ1n) is 2.84. The predicted molar refractivity (Wildman–Crippen MR) is 32.0 cm³/mol. The van der Waals surface area contributed by atoms with Crippen molar-refractivity contribution in [2.75, 3.05) is 18.9 Å². The average Bonchev–Trinajstić information content (AvgIpc) is 2.31. The molecule has 0 amide bonds. The van der Waals surface area contributed by atoms with Gasteiger partial charge in [-0.25, -0.2) is 4.63 Å². The highest BCUT2D eigenvalue weighted by Gasteiger charge is 2.05. The fraction of sp³-hybridized carbons (Fsp3) is 0.500. The number of hydrogen-bond donors (Lipinski definition) is 2. The SMILES string of the molecule is Nc1nonc1OCC[NH3+]. The Morgan fingerprint density at radius 2 is 2.40 bits per heavy atom. The van der Waals surface area contributed by atoms with Crippen molar-refractivity contribution in [3.05, 3.63) is 0 Å². The summed E-state index contributed by atoms with van der Waals surface area (Å²) >= 11 is 0. The standard InChI is InChI=1S/C4H8N4O2/c5-1-2-9-4-3(6)7-10-8-4/h1-2,5H2,(H2,6,7)/p+1. The van der Waals surface area contributed by atoms with E-state index in [4.69, 9.17) is 10.5 Å². The first kappa shape index (κ1) is 6.81. The summed E-state index contributed by atoms with van der Waals surface area (Å²) in [4.78, 5) is 0. The molecule has 56 valence electrons. The molecule has 0 bridgehead atoms. The largest absolute Gasteiger partial charge is 0.467 e. The summed E-state index contributed by atoms with van der Waals surface area (Å²) in [7, 11) is 0. The van der Waals surface area contributed by atoms with Crippen molar-refractivity contribution < 1.29 is 15.1 Å². The molecule has 0 saturated carbocycles. The molecule has 1 rings (SSSR count). The third-order valence-electron chi connectivity index (χ3n) is 0.865. The van der Waals surface area contributed by atoms with Gasteiger partial charge >= 0.3 is 0 Å². The van der Waals surface area contributed by atoms with Crippen molar-refractivity contribution in [2.45, 2.75) is 0 Å². The van der Waals surface area contributed by atoms with Gasteiger partial charge in [-0.1, -0.05) is 0 Å². The molecule has 0 atom stereocenters. The third kappa shape index (κ3) is 1.35. The minimum atomic E-state index is 0.174. The van der Waals surface area contributed by atoms with Gasteiger partial charge in [0.15, 0.2) is 0 Å². The van der Waals surface area contributed by atoms with Gasteiger partial charge in [0.05, 0.1) is 0 Å². The molecule has 0 saturated heterocycles. The Balaban J connectivity index is 2.49. The zero-order chi connectivity index (χ0) is 7.40. The molecule has 6 heteroatoms. The van der Waals surface area contributed by atoms with Gasteiger partial charge in [-0.15, -0.1) is 0 Å². The number of nitrogens with two attached hydrogens (primary N) is 1. The van der Waals surface area contributed by atoms with E-state index in [1.807, 2.05) is 0 Å². The summed E-state index contributed by atoms with van der Waals surface area (Å²) in [6.45, 7) is 1.13. The van der Waals surface area contributed by atoms with Crippen LogP contribution in [0.1, 0.15) is 0 Å². The van der Waals surface area contributed by atoms with Crippen LogP contribution >= 0.6 is 0 Å². The minimum Gasteiger partial charge on any atom is -0.467 e. The Labute approximate surface area is 57.1 Å². The Hall–Kier alpha value is -1.30. The van der Waals surface area contributed by atoms with E-state index >= 15 is 0 Å². The van der Waals surface area contributed by atoms with E-state index in [1.165, 1.54) is 0 Å². The van der Waals surface area contributed by atoms with Crippen LogP contribution in [0.2, 0.25) is 0 Å². The maximum atomic E-state index is 5.27. The topological polar surface area (TPSA) is 102 Å². The smallest absolute Gasteiger partial charge is 0.300 e. The number of anilines is 1. The molecule has 0 aromatic carbocycles. The van der Waals surface area contributed by atoms with Crippen molar-refractivity contribution >= 4 is 5.82 Å². The van der Waals surface area contributed by atoms with Crippen LogP contribution in [0.3, 0.4) is 0 Å². The van der Waals surface area contributed by atoms with Gasteiger partial charge in [0, 0.05) is 0 Å². The first-order chi connectivity index (χ1) is 4.84. The molecule has 1 aromatic heterocycles. The zero-order valence-electron chi connectivity index (χ0n) is 5.41. The zero-order valence-corrected chi connectivity index (χ0v) is 5.41. The van der Waals surface area contributed by atoms with Crippen molar-refractivity contribution in [3.63, 3.8) is 0 Å². The molecule has 5 N–H and O–H groups in total. The Morgan fingerprint density at radius 3 is 2.90 bits per heavy atom. The van der Waals surface area contributed by atoms with Crippen LogP contribution in [0.15, 0.2) is 4.63 Å². The maximum Gasteiger partial charge on any atom is 0.300 e. The first-order valence-corrected chi connectivity index (χ1v) is 2.84. The summed E-state index contributed by atoms with van der Waals surface area (Å²) in [5, 5.41) is 6.71. The van der Waals surface area contributed by atoms with E-state index in [2.05, 4.69) is 20.7 Å². The summed E-state index contributed by atoms with van der Waals surface area (Å²) in [6, 6.07) is 0. The number of nitrogen functional groups attached to an aromatic ring is 1. The number of quaternary nitrogens is 1. The van der Waals surface area contributed by atoms with Crippen molar-refractivity contribution in [1.82, 2.24) is 10.3 Å². The maximum absolute atomic E-state index is 5.27. The highest BCUT2D eigenvalue weighted by molar-refractivity contribution is 5.36. The molecule has 1 heterocycles. The van der Waals surface area contributed by atoms with Crippen LogP contribution < -0.4 is 16.2 Å². The summed E-state index contributed by atoms with van der Waals surface area (Å²) in [5.74, 6) is 0.414. The lowest BCUT2D eigenvalue weighted by atomic mass is 10.7. The Morgan fingerprint density at radius 1 is 1.60 bits per heavy atom. The van der Waals surface area contributed by atoms with Gasteiger partial charge in [0.2, 0.25) is 5.82 Å². The lowest BCUT2D eigenvalue weighted by Crippen LogP contribution is -2.52. The molecule has 0 unspecified atom stereocenters. The molecular weight excluding hydrogens is 136 g/mol. The Kier molecular flexibility index (Phi) is 2.06. The molecule has 0 fully saturated rings. The van der Waals surface area contributed by atoms with Gasteiger partial charge in [-0.3, -0.25) is 0 Å². The molecule has 0 aliphatic carbocycles. The van der Waals surface area contributed by atoms with Crippen LogP contribution in [-0.2, 0) is 0 Å². The number of hydrogen-bond acceptors (Lipinski definition) is 5. The molecule has 0 aliphatic rings. The summed E-state index contributed by atoms with van der Waals surface area (Å²) < 4.78 is 9.24. The molecular formula is C4H9N4O2+. The average molecular weight is 145 g/mol. The molecule has 0 spiro atoms. The van der Waals surface area contributed by atoms with Gasteiger partial charge < -0.3 is 16.2 Å². The van der Waals surface area contributed by atoms with Gasteiger partial charge in [0.1, 0.15) is 13.2 Å². The van der Waals surface area contributed by atoms with Crippen molar-refractivity contribution in [2.24, 2.45) is 0 Å². The second-order valence-electron chi connectivity index (χ2n) is 1.66. The van der Waals surface area contributed by atoms with E-state index < -0.39 is 0 Å². The van der Waals surface area contributed by atoms with Gasteiger partial charge in [-0.05, 0) is 10.3 Å². The second kappa shape index (κ2) is 3.02. The van der Waals surface area contributed by atoms with Gasteiger partial charge in [0.25, 0.3) is 5.88 Å². The lowest BCUT2D eigenvalue weighted by molar-refractivity contribution is -0.371. The van der Waals surface area contributed by atoms with E-state index in [-0.39, 0.29) is 11.7 Å². The van der Waals surface area contributed by atoms with E-state index in [0.717, 1.165) is 0 Å². The minimum absolute atomic E-state index is 0.174. The van der Waals surface area contributed by atoms with Crippen LogP contribution in [0.25, 0.3) is 0 Å². The monoisotopic (exact) mass is 145 g/mol. The highest BCUT2D eigenvalue weighted by Crippen LogP contribution is 2.12. The molecule has 1 aromatic rings. The molecule has 10 heavy (non-hydrogen) atoms. The van der Waals surface area contributed by atoms with Crippen molar-refractivity contribution in [3.8, 4) is 5.88 Å². The number of nitrogens with zero attached hydrogens (tertiary/aromatic N) is 2. The van der Waals surface area contributed by atoms with Crippen LogP contribution in [0.4, 0.5) is 5.82 Å². The quantitative estimate of drug-likeness (QED) is 0.526. The lowest BCUT2D eigenvalue weighted by Gasteiger charge is -1.94. The van der Waals surface area contributed by atoms with Crippen LogP contribution in [0.5, 0.6) is 5.88 Å². The Bertz CT molecular complexity index is 199. The molecule has 0 aliphatic heterocycles. The van der Waals surface area contributed by atoms with Crippen LogP contribution in [0, 0.1) is 0 Å². The van der Waals surface area contributed by atoms with Crippen LogP contribution in [-0.4, -0.2) is 23.5 Å². The summed E-state index contributed by atoms with van der Waals surface area (Å²) in [5.41, 5.74) is 8.84. The molecule has 6 nitrogen and oxygen atoms in total. The number of rotatable bonds is 3. The van der Waals surface area contributed by atoms with Gasteiger partial charge in [-0.2, -0.15) is 0 Å². The summed E-state index contributed by atoms with van der Waals surface area (Å²) in [6.07, 6.45) is 0. The number of aromatic nitrogens is 2.